The van der Waals surface area contributed by atoms with Gasteiger partial charge in [0, 0.05) is 41.9 Å². The van der Waals surface area contributed by atoms with Crippen LogP contribution >= 0.6 is 0 Å². The van der Waals surface area contributed by atoms with Gasteiger partial charge in [-0.3, -0.25) is 9.48 Å². The molecule has 0 radical (unpaired) electrons. The first-order chi connectivity index (χ1) is 18.3. The molecule has 6 heteroatoms. The molecule has 1 aliphatic rings. The highest BCUT2D eigenvalue weighted by Gasteiger charge is 2.23. The summed E-state index contributed by atoms with van der Waals surface area (Å²) in [5.41, 5.74) is 8.07. The van der Waals surface area contributed by atoms with E-state index in [0.29, 0.717) is 19.5 Å². The summed E-state index contributed by atoms with van der Waals surface area (Å²) in [6, 6.07) is 32.5. The van der Waals surface area contributed by atoms with E-state index in [2.05, 4.69) is 40.3 Å². The Morgan fingerprint density at radius 2 is 1.35 bits per heavy atom. The van der Waals surface area contributed by atoms with Crippen molar-refractivity contribution in [1.82, 2.24) is 24.6 Å². The molecular formula is C31H27N5O. The Labute approximate surface area is 216 Å². The molecule has 1 amide bonds. The van der Waals surface area contributed by atoms with Crippen LogP contribution in [0.5, 0.6) is 0 Å². The van der Waals surface area contributed by atoms with Crippen molar-refractivity contribution in [3.05, 3.63) is 115 Å². The third-order valence-electron chi connectivity index (χ3n) is 6.89. The number of benzene rings is 3. The summed E-state index contributed by atoms with van der Waals surface area (Å²) in [5, 5.41) is 4.86. The molecule has 0 bridgehead atoms. The highest BCUT2D eigenvalue weighted by Crippen LogP contribution is 2.28. The van der Waals surface area contributed by atoms with Gasteiger partial charge < -0.3 is 4.90 Å². The van der Waals surface area contributed by atoms with Crippen LogP contribution in [0.1, 0.15) is 11.3 Å². The summed E-state index contributed by atoms with van der Waals surface area (Å²) in [6.07, 6.45) is 3.08. The van der Waals surface area contributed by atoms with E-state index in [1.807, 2.05) is 76.3 Å². The zero-order valence-electron chi connectivity index (χ0n) is 20.5. The maximum absolute atomic E-state index is 13.6. The Morgan fingerprint density at radius 3 is 2.05 bits per heavy atom. The van der Waals surface area contributed by atoms with Crippen LogP contribution in [-0.4, -0.2) is 43.6 Å². The number of hydrogen-bond acceptors (Lipinski definition) is 4. The Hall–Kier alpha value is -4.58. The minimum absolute atomic E-state index is 0.0573. The number of nitrogens with zero attached hydrogens (tertiary/aromatic N) is 5. The largest absolute Gasteiger partial charge is 0.340 e. The van der Waals surface area contributed by atoms with Gasteiger partial charge in [0.25, 0.3) is 0 Å². The minimum atomic E-state index is 0.0573. The van der Waals surface area contributed by atoms with Crippen LogP contribution in [0.3, 0.4) is 0 Å². The van der Waals surface area contributed by atoms with Gasteiger partial charge in [0.05, 0.1) is 17.1 Å². The maximum Gasteiger partial charge on any atom is 0.244 e. The normalized spacial score (nSPS) is 13.1. The average Bonchev–Trinajstić information content (AvgIpc) is 3.25. The van der Waals surface area contributed by atoms with Crippen LogP contribution in [0, 0.1) is 0 Å². The van der Waals surface area contributed by atoms with Gasteiger partial charge in [0.15, 0.2) is 0 Å². The van der Waals surface area contributed by atoms with Gasteiger partial charge >= 0.3 is 0 Å². The van der Waals surface area contributed by atoms with Crippen LogP contribution in [-0.2, 0) is 24.2 Å². The van der Waals surface area contributed by atoms with Crippen molar-refractivity contribution >= 4 is 5.91 Å². The zero-order chi connectivity index (χ0) is 25.0. The van der Waals surface area contributed by atoms with E-state index in [1.54, 1.807) is 6.33 Å². The highest BCUT2D eigenvalue weighted by atomic mass is 16.2. The number of rotatable bonds is 5. The zero-order valence-corrected chi connectivity index (χ0v) is 20.5. The van der Waals surface area contributed by atoms with E-state index >= 15 is 0 Å². The molecule has 5 aromatic rings. The van der Waals surface area contributed by atoms with E-state index < -0.39 is 0 Å². The predicted molar refractivity (Wildman–Crippen MR) is 145 cm³/mol. The summed E-state index contributed by atoms with van der Waals surface area (Å²) in [4.78, 5) is 24.7. The first-order valence-corrected chi connectivity index (χ1v) is 12.6. The number of carbonyl (C=O) groups excluding carboxylic acids is 1. The molecule has 0 saturated heterocycles. The smallest absolute Gasteiger partial charge is 0.244 e. The molecule has 182 valence electrons. The fraction of sp³-hybridized carbons (Fsp3) is 0.161. The summed E-state index contributed by atoms with van der Waals surface area (Å²) in [5.74, 6) is 0.0573. The van der Waals surface area contributed by atoms with E-state index in [-0.39, 0.29) is 12.5 Å². The van der Waals surface area contributed by atoms with Crippen molar-refractivity contribution in [2.45, 2.75) is 19.4 Å². The molecule has 0 unspecified atom stereocenters. The molecule has 1 aliphatic heterocycles. The first kappa shape index (κ1) is 22.9. The topological polar surface area (TPSA) is 63.9 Å². The Kier molecular flexibility index (Phi) is 6.29. The lowest BCUT2D eigenvalue weighted by Crippen LogP contribution is -2.36. The van der Waals surface area contributed by atoms with Crippen LogP contribution in [0.4, 0.5) is 0 Å². The standard InChI is InChI=1S/C31H27N5O/c37-30(35-18-16-26-27(17-19-35)32-22-33-31(26)25-14-8-3-9-15-25)21-36-29(24-12-6-2-7-13-24)20-28(34-36)23-10-4-1-5-11-23/h1-15,20,22H,16-19,21H2. The molecule has 3 aromatic carbocycles. The second-order valence-corrected chi connectivity index (χ2v) is 9.20. The van der Waals surface area contributed by atoms with Crippen LogP contribution < -0.4 is 0 Å². The molecule has 3 heterocycles. The van der Waals surface area contributed by atoms with Crippen molar-refractivity contribution < 1.29 is 4.79 Å². The van der Waals surface area contributed by atoms with Crippen molar-refractivity contribution in [1.29, 1.82) is 0 Å². The molecule has 6 rings (SSSR count). The van der Waals surface area contributed by atoms with Crippen LogP contribution in [0.2, 0.25) is 0 Å². The van der Waals surface area contributed by atoms with Gasteiger partial charge in [0.2, 0.25) is 5.91 Å². The number of aromatic nitrogens is 4. The van der Waals surface area contributed by atoms with Gasteiger partial charge in [-0.25, -0.2) is 9.97 Å². The lowest BCUT2D eigenvalue weighted by atomic mass is 10.0. The predicted octanol–water partition coefficient (Wildman–Crippen LogP) is 5.30. The lowest BCUT2D eigenvalue weighted by molar-refractivity contribution is -0.131. The Balaban J connectivity index is 1.26. The average molecular weight is 486 g/mol. The Morgan fingerprint density at radius 1 is 0.730 bits per heavy atom. The molecule has 0 fully saturated rings. The van der Waals surface area contributed by atoms with Gasteiger partial charge in [-0.15, -0.1) is 0 Å². The molecule has 0 N–H and O–H groups in total. The molecule has 6 nitrogen and oxygen atoms in total. The SMILES string of the molecule is O=C(Cn1nc(-c2ccccc2)cc1-c1ccccc1)N1CCc2ncnc(-c3ccccc3)c2CC1. The van der Waals surface area contributed by atoms with Crippen molar-refractivity contribution in [2.75, 3.05) is 13.1 Å². The lowest BCUT2D eigenvalue weighted by Gasteiger charge is -2.21. The summed E-state index contributed by atoms with van der Waals surface area (Å²) < 4.78 is 1.84. The molecule has 0 atom stereocenters. The Bertz CT molecular complexity index is 1510. The van der Waals surface area contributed by atoms with Gasteiger partial charge in [-0.1, -0.05) is 91.0 Å². The number of carbonyl (C=O) groups is 1. The highest BCUT2D eigenvalue weighted by molar-refractivity contribution is 5.78. The minimum Gasteiger partial charge on any atom is -0.340 e. The molecule has 0 aliphatic carbocycles. The number of fused-ring (bicyclic) bond motifs is 1. The quantitative estimate of drug-likeness (QED) is 0.339. The number of hydrogen-bond donors (Lipinski definition) is 0. The molecule has 0 saturated carbocycles. The summed E-state index contributed by atoms with van der Waals surface area (Å²) in [6.45, 7) is 1.45. The van der Waals surface area contributed by atoms with Crippen molar-refractivity contribution in [3.8, 4) is 33.8 Å². The third kappa shape index (κ3) is 4.78. The summed E-state index contributed by atoms with van der Waals surface area (Å²) in [7, 11) is 0. The first-order valence-electron chi connectivity index (χ1n) is 12.6. The maximum atomic E-state index is 13.6. The van der Waals surface area contributed by atoms with Crippen LogP contribution in [0.25, 0.3) is 33.8 Å². The van der Waals surface area contributed by atoms with E-state index in [1.165, 1.54) is 0 Å². The molecule has 37 heavy (non-hydrogen) atoms. The van der Waals surface area contributed by atoms with Gasteiger partial charge in [0.1, 0.15) is 12.9 Å². The second kappa shape index (κ2) is 10.2. The molecule has 0 spiro atoms. The van der Waals surface area contributed by atoms with Crippen LogP contribution in [0.15, 0.2) is 103 Å². The van der Waals surface area contributed by atoms with Crippen molar-refractivity contribution in [3.63, 3.8) is 0 Å². The van der Waals surface area contributed by atoms with E-state index in [0.717, 1.165) is 51.5 Å². The second-order valence-electron chi connectivity index (χ2n) is 9.20. The van der Waals surface area contributed by atoms with E-state index in [4.69, 9.17) is 5.10 Å². The molecular weight excluding hydrogens is 458 g/mol. The fourth-order valence-corrected chi connectivity index (χ4v) is 4.98. The fourth-order valence-electron chi connectivity index (χ4n) is 4.98. The number of amides is 1. The summed E-state index contributed by atoms with van der Waals surface area (Å²) >= 11 is 0. The third-order valence-corrected chi connectivity index (χ3v) is 6.89. The van der Waals surface area contributed by atoms with E-state index in [9.17, 15) is 4.79 Å². The van der Waals surface area contributed by atoms with Gasteiger partial charge in [-0.05, 0) is 18.1 Å². The van der Waals surface area contributed by atoms with Gasteiger partial charge in [-0.2, -0.15) is 5.10 Å². The monoisotopic (exact) mass is 485 g/mol. The van der Waals surface area contributed by atoms with Crippen molar-refractivity contribution in [2.24, 2.45) is 0 Å². The molecule has 2 aromatic heterocycles.